The standard InChI is InChI=1S/C14H21NO4S/c1-4-8-15(9-10-16)20(17,18)13-6-7-14(19-5-2)12(3)11-13/h4,6-7,11,16H,1,5,8-10H2,2-3H3. The molecule has 1 aromatic rings. The van der Waals surface area contributed by atoms with E-state index in [1.54, 1.807) is 19.1 Å². The Morgan fingerprint density at radius 3 is 2.65 bits per heavy atom. The Hall–Kier alpha value is -1.37. The van der Waals surface area contributed by atoms with Crippen LogP contribution < -0.4 is 4.74 Å². The second-order valence-corrected chi connectivity index (χ2v) is 6.17. The van der Waals surface area contributed by atoms with Gasteiger partial charge in [-0.25, -0.2) is 8.42 Å². The summed E-state index contributed by atoms with van der Waals surface area (Å²) in [6, 6.07) is 4.74. The minimum Gasteiger partial charge on any atom is -0.494 e. The molecule has 5 nitrogen and oxygen atoms in total. The number of aryl methyl sites for hydroxylation is 1. The third-order valence-corrected chi connectivity index (χ3v) is 4.63. The van der Waals surface area contributed by atoms with Gasteiger partial charge in [-0.2, -0.15) is 4.31 Å². The number of aliphatic hydroxyl groups excluding tert-OH is 1. The second kappa shape index (κ2) is 7.42. The van der Waals surface area contributed by atoms with E-state index in [-0.39, 0.29) is 24.6 Å². The van der Waals surface area contributed by atoms with E-state index in [0.29, 0.717) is 12.4 Å². The van der Waals surface area contributed by atoms with Crippen LogP contribution in [0.1, 0.15) is 12.5 Å². The highest BCUT2D eigenvalue weighted by Crippen LogP contribution is 2.24. The first-order chi connectivity index (χ1) is 9.47. The van der Waals surface area contributed by atoms with Crippen molar-refractivity contribution < 1.29 is 18.3 Å². The van der Waals surface area contributed by atoms with Crippen LogP contribution in [0.15, 0.2) is 35.7 Å². The molecule has 0 atom stereocenters. The Kier molecular flexibility index (Phi) is 6.19. The molecule has 0 bridgehead atoms. The Labute approximate surface area is 120 Å². The molecule has 20 heavy (non-hydrogen) atoms. The molecule has 0 heterocycles. The lowest BCUT2D eigenvalue weighted by Gasteiger charge is -2.20. The molecule has 0 aromatic heterocycles. The van der Waals surface area contributed by atoms with Gasteiger partial charge in [0.05, 0.1) is 18.1 Å². The van der Waals surface area contributed by atoms with Gasteiger partial charge in [-0.05, 0) is 37.6 Å². The van der Waals surface area contributed by atoms with Gasteiger partial charge < -0.3 is 9.84 Å². The summed E-state index contributed by atoms with van der Waals surface area (Å²) in [4.78, 5) is 0.189. The number of ether oxygens (including phenoxy) is 1. The highest BCUT2D eigenvalue weighted by Gasteiger charge is 2.23. The molecular weight excluding hydrogens is 278 g/mol. The molecule has 0 aliphatic rings. The van der Waals surface area contributed by atoms with Crippen molar-refractivity contribution in [2.75, 3.05) is 26.3 Å². The maximum atomic E-state index is 12.5. The summed E-state index contributed by atoms with van der Waals surface area (Å²) in [6.45, 7) is 7.71. The topological polar surface area (TPSA) is 66.8 Å². The number of rotatable bonds is 8. The van der Waals surface area contributed by atoms with Crippen molar-refractivity contribution in [3.8, 4) is 5.75 Å². The fourth-order valence-corrected chi connectivity index (χ4v) is 3.30. The molecule has 0 unspecified atom stereocenters. The van der Waals surface area contributed by atoms with E-state index in [0.717, 1.165) is 5.56 Å². The Morgan fingerprint density at radius 1 is 1.45 bits per heavy atom. The Balaban J connectivity index is 3.13. The van der Waals surface area contributed by atoms with Crippen molar-refractivity contribution in [3.05, 3.63) is 36.4 Å². The molecule has 1 rings (SSSR count). The average molecular weight is 299 g/mol. The third kappa shape index (κ3) is 3.82. The number of sulfonamides is 1. The number of hydrogen-bond acceptors (Lipinski definition) is 4. The van der Waals surface area contributed by atoms with Crippen LogP contribution >= 0.6 is 0 Å². The number of hydrogen-bond donors (Lipinski definition) is 1. The van der Waals surface area contributed by atoms with Crippen molar-refractivity contribution in [2.45, 2.75) is 18.7 Å². The van der Waals surface area contributed by atoms with E-state index in [4.69, 9.17) is 9.84 Å². The van der Waals surface area contributed by atoms with E-state index >= 15 is 0 Å². The summed E-state index contributed by atoms with van der Waals surface area (Å²) in [5.41, 5.74) is 0.760. The quantitative estimate of drug-likeness (QED) is 0.740. The Bertz CT molecular complexity index is 554. The summed E-state index contributed by atoms with van der Waals surface area (Å²) in [7, 11) is -3.63. The summed E-state index contributed by atoms with van der Waals surface area (Å²) >= 11 is 0. The van der Waals surface area contributed by atoms with E-state index < -0.39 is 10.0 Å². The molecular formula is C14H21NO4S. The van der Waals surface area contributed by atoms with Crippen LogP contribution in [0.5, 0.6) is 5.75 Å². The molecule has 1 N–H and O–H groups in total. The van der Waals surface area contributed by atoms with E-state index in [1.165, 1.54) is 16.4 Å². The molecule has 0 radical (unpaired) electrons. The first-order valence-corrected chi connectivity index (χ1v) is 7.86. The normalized spacial score (nSPS) is 11.6. The fraction of sp³-hybridized carbons (Fsp3) is 0.429. The van der Waals surface area contributed by atoms with Crippen LogP contribution in [-0.4, -0.2) is 44.1 Å². The second-order valence-electron chi connectivity index (χ2n) is 4.24. The molecule has 112 valence electrons. The van der Waals surface area contributed by atoms with Crippen molar-refractivity contribution in [3.63, 3.8) is 0 Å². The molecule has 0 spiro atoms. The molecule has 6 heteroatoms. The maximum absolute atomic E-state index is 12.5. The maximum Gasteiger partial charge on any atom is 0.243 e. The van der Waals surface area contributed by atoms with Gasteiger partial charge in [0, 0.05) is 13.1 Å². The Morgan fingerprint density at radius 2 is 2.15 bits per heavy atom. The monoisotopic (exact) mass is 299 g/mol. The molecule has 1 aromatic carbocycles. The lowest BCUT2D eigenvalue weighted by atomic mass is 10.2. The van der Waals surface area contributed by atoms with Gasteiger partial charge in [-0.3, -0.25) is 0 Å². The molecule has 0 amide bonds. The summed E-state index contributed by atoms with van der Waals surface area (Å²) < 4.78 is 31.5. The van der Waals surface area contributed by atoms with E-state index in [2.05, 4.69) is 6.58 Å². The molecule has 0 saturated heterocycles. The highest BCUT2D eigenvalue weighted by atomic mass is 32.2. The van der Waals surface area contributed by atoms with Gasteiger partial charge in [0.1, 0.15) is 5.75 Å². The molecule has 0 aliphatic carbocycles. The van der Waals surface area contributed by atoms with Gasteiger partial charge in [0.15, 0.2) is 0 Å². The highest BCUT2D eigenvalue weighted by molar-refractivity contribution is 7.89. The van der Waals surface area contributed by atoms with Gasteiger partial charge in [0.25, 0.3) is 0 Å². The van der Waals surface area contributed by atoms with Gasteiger partial charge in [-0.15, -0.1) is 6.58 Å². The number of aliphatic hydroxyl groups is 1. The zero-order valence-corrected chi connectivity index (χ0v) is 12.7. The van der Waals surface area contributed by atoms with Crippen LogP contribution in [0.25, 0.3) is 0 Å². The van der Waals surface area contributed by atoms with Gasteiger partial charge in [-0.1, -0.05) is 6.08 Å². The van der Waals surface area contributed by atoms with Crippen molar-refractivity contribution >= 4 is 10.0 Å². The minimum atomic E-state index is -3.63. The SMILES string of the molecule is C=CCN(CCO)S(=O)(=O)c1ccc(OCC)c(C)c1. The van der Waals surface area contributed by atoms with Crippen molar-refractivity contribution in [1.29, 1.82) is 0 Å². The van der Waals surface area contributed by atoms with Crippen LogP contribution in [0.2, 0.25) is 0 Å². The average Bonchev–Trinajstić information content (AvgIpc) is 2.41. The fourth-order valence-electron chi connectivity index (χ4n) is 1.81. The third-order valence-electron chi connectivity index (χ3n) is 2.77. The first kappa shape index (κ1) is 16.7. The predicted octanol–water partition coefficient (Wildman–Crippen LogP) is 1.56. The minimum absolute atomic E-state index is 0.0423. The smallest absolute Gasteiger partial charge is 0.243 e. The van der Waals surface area contributed by atoms with Crippen molar-refractivity contribution in [1.82, 2.24) is 4.31 Å². The van der Waals surface area contributed by atoms with E-state index in [1.807, 2.05) is 6.92 Å². The van der Waals surface area contributed by atoms with Crippen LogP contribution in [0.4, 0.5) is 0 Å². The van der Waals surface area contributed by atoms with Gasteiger partial charge in [0.2, 0.25) is 10.0 Å². The lowest BCUT2D eigenvalue weighted by molar-refractivity contribution is 0.260. The van der Waals surface area contributed by atoms with Crippen molar-refractivity contribution in [2.24, 2.45) is 0 Å². The zero-order valence-electron chi connectivity index (χ0n) is 11.9. The number of nitrogens with zero attached hydrogens (tertiary/aromatic N) is 1. The van der Waals surface area contributed by atoms with Crippen LogP contribution in [-0.2, 0) is 10.0 Å². The van der Waals surface area contributed by atoms with Crippen LogP contribution in [0, 0.1) is 6.92 Å². The number of benzene rings is 1. The lowest BCUT2D eigenvalue weighted by Crippen LogP contribution is -2.33. The predicted molar refractivity (Wildman–Crippen MR) is 78.4 cm³/mol. The van der Waals surface area contributed by atoms with Crippen LogP contribution in [0.3, 0.4) is 0 Å². The first-order valence-electron chi connectivity index (χ1n) is 6.42. The largest absolute Gasteiger partial charge is 0.494 e. The van der Waals surface area contributed by atoms with Gasteiger partial charge >= 0.3 is 0 Å². The zero-order chi connectivity index (χ0) is 15.2. The summed E-state index contributed by atoms with van der Waals surface area (Å²) in [5, 5.41) is 8.98. The molecule has 0 aliphatic heterocycles. The molecule has 0 saturated carbocycles. The summed E-state index contributed by atoms with van der Waals surface area (Å²) in [6.07, 6.45) is 1.49. The molecule has 0 fully saturated rings. The van der Waals surface area contributed by atoms with E-state index in [9.17, 15) is 8.42 Å². The summed E-state index contributed by atoms with van der Waals surface area (Å²) in [5.74, 6) is 0.670.